The molecule has 0 bridgehead atoms. The molecule has 4 rings (SSSR count). The van der Waals surface area contributed by atoms with Gasteiger partial charge in [-0.2, -0.15) is 8.78 Å². The Morgan fingerprint density at radius 1 is 1.23 bits per heavy atom. The molecule has 10 heteroatoms. The number of benzene rings is 1. The van der Waals surface area contributed by atoms with Crippen LogP contribution in [0.25, 0.3) is 11.0 Å². The summed E-state index contributed by atoms with van der Waals surface area (Å²) in [4.78, 5) is 18.8. The third-order valence-electron chi connectivity index (χ3n) is 5.77. The highest BCUT2D eigenvalue weighted by molar-refractivity contribution is 5.85. The average molecular weight is 464 g/mol. The van der Waals surface area contributed by atoms with Gasteiger partial charge in [-0.1, -0.05) is 12.1 Å². The zero-order chi connectivity index (χ0) is 19.5. The van der Waals surface area contributed by atoms with Crippen LogP contribution in [0, 0.1) is 5.92 Å². The fraction of sp³-hybridized carbons (Fsp3) is 0.600. The lowest BCUT2D eigenvalue weighted by atomic mass is 9.98. The van der Waals surface area contributed by atoms with Crippen LogP contribution in [0.2, 0.25) is 0 Å². The summed E-state index contributed by atoms with van der Waals surface area (Å²) in [5, 5.41) is 6.27. The number of halogens is 4. The van der Waals surface area contributed by atoms with Gasteiger partial charge in [0.25, 0.3) is 0 Å². The molecule has 1 amide bonds. The number of amides is 1. The molecule has 1 aromatic heterocycles. The molecule has 2 aromatic rings. The van der Waals surface area contributed by atoms with Crippen LogP contribution in [0.4, 0.5) is 8.78 Å². The predicted octanol–water partition coefficient (Wildman–Crippen LogP) is 3.36. The number of aromatic nitrogens is 2. The van der Waals surface area contributed by atoms with Crippen molar-refractivity contribution in [2.24, 2.45) is 5.92 Å². The Balaban J connectivity index is 0.00000160. The molecule has 1 aromatic carbocycles. The molecule has 30 heavy (non-hydrogen) atoms. The number of hydrogen-bond acceptors (Lipinski definition) is 4. The number of nitrogens with zero attached hydrogens (tertiary/aromatic N) is 3. The van der Waals surface area contributed by atoms with E-state index in [1.807, 2.05) is 6.07 Å². The van der Waals surface area contributed by atoms with Crippen LogP contribution >= 0.6 is 24.8 Å². The monoisotopic (exact) mass is 463 g/mol. The normalized spacial score (nSPS) is 22.0. The van der Waals surface area contributed by atoms with Crippen molar-refractivity contribution in [3.8, 4) is 0 Å². The van der Waals surface area contributed by atoms with Gasteiger partial charge in [-0.3, -0.25) is 14.3 Å². The Hall–Kier alpha value is -1.48. The molecule has 0 aliphatic carbocycles. The van der Waals surface area contributed by atoms with Crippen LogP contribution in [-0.4, -0.2) is 52.6 Å². The van der Waals surface area contributed by atoms with Gasteiger partial charge >= 0.3 is 6.55 Å². The van der Waals surface area contributed by atoms with Gasteiger partial charge in [0.05, 0.1) is 23.6 Å². The molecule has 2 saturated heterocycles. The number of piperidine rings is 1. The second kappa shape index (κ2) is 11.2. The quantitative estimate of drug-likeness (QED) is 0.689. The second-order valence-electron chi connectivity index (χ2n) is 7.80. The van der Waals surface area contributed by atoms with Crippen LogP contribution in [-0.2, 0) is 11.3 Å². The largest absolute Gasteiger partial charge is 0.354 e. The molecule has 0 spiro atoms. The third-order valence-corrected chi connectivity index (χ3v) is 5.77. The van der Waals surface area contributed by atoms with Crippen molar-refractivity contribution in [1.29, 1.82) is 0 Å². The average Bonchev–Trinajstić information content (AvgIpc) is 3.34. The van der Waals surface area contributed by atoms with Crippen LogP contribution in [0.3, 0.4) is 0 Å². The number of rotatable bonds is 6. The summed E-state index contributed by atoms with van der Waals surface area (Å²) >= 11 is 0. The molecule has 2 aliphatic rings. The fourth-order valence-electron chi connectivity index (χ4n) is 4.36. The van der Waals surface area contributed by atoms with Gasteiger partial charge in [0.15, 0.2) is 0 Å². The minimum absolute atomic E-state index is 0. The molecule has 0 saturated carbocycles. The molecule has 2 unspecified atom stereocenters. The number of carbonyl (C=O) groups is 1. The first kappa shape index (κ1) is 24.8. The zero-order valence-electron chi connectivity index (χ0n) is 16.7. The molecule has 6 nitrogen and oxygen atoms in total. The van der Waals surface area contributed by atoms with Crippen molar-refractivity contribution in [1.82, 2.24) is 25.1 Å². The third kappa shape index (κ3) is 5.60. The van der Waals surface area contributed by atoms with E-state index < -0.39 is 6.55 Å². The first-order chi connectivity index (χ1) is 13.6. The van der Waals surface area contributed by atoms with Crippen molar-refractivity contribution in [2.75, 3.05) is 26.2 Å². The van der Waals surface area contributed by atoms with Crippen LogP contribution in [0.1, 0.15) is 38.1 Å². The van der Waals surface area contributed by atoms with Crippen LogP contribution in [0.5, 0.6) is 0 Å². The number of para-hydroxylation sites is 2. The summed E-state index contributed by atoms with van der Waals surface area (Å²) < 4.78 is 28.3. The topological polar surface area (TPSA) is 62.2 Å². The van der Waals surface area contributed by atoms with Gasteiger partial charge in [0, 0.05) is 13.1 Å². The Morgan fingerprint density at radius 2 is 2.03 bits per heavy atom. The van der Waals surface area contributed by atoms with E-state index in [0.717, 1.165) is 49.9 Å². The first-order valence-corrected chi connectivity index (χ1v) is 10.1. The molecule has 168 valence electrons. The number of hydrogen-bond donors (Lipinski definition) is 2. The lowest BCUT2D eigenvalue weighted by Crippen LogP contribution is -2.45. The van der Waals surface area contributed by atoms with E-state index in [4.69, 9.17) is 0 Å². The Bertz CT molecular complexity index is 829. The molecule has 3 heterocycles. The smallest absolute Gasteiger partial charge is 0.320 e. The number of alkyl halides is 2. The number of carbonyl (C=O) groups excluding carboxylic acids is 1. The van der Waals surface area contributed by atoms with E-state index in [2.05, 4.69) is 20.5 Å². The van der Waals surface area contributed by atoms with E-state index >= 15 is 0 Å². The van der Waals surface area contributed by atoms with Gasteiger partial charge < -0.3 is 10.6 Å². The van der Waals surface area contributed by atoms with Gasteiger partial charge in [-0.05, 0) is 56.8 Å². The maximum atomic E-state index is 13.6. The Labute approximate surface area is 187 Å². The molecule has 2 atom stereocenters. The summed E-state index contributed by atoms with van der Waals surface area (Å²) in [5.41, 5.74) is 1.07. The van der Waals surface area contributed by atoms with Crippen LogP contribution in [0.15, 0.2) is 24.3 Å². The molecule has 2 N–H and O–H groups in total. The Morgan fingerprint density at radius 3 is 2.77 bits per heavy atom. The maximum absolute atomic E-state index is 13.6. The molecular formula is C20H29Cl2F2N5O. The van der Waals surface area contributed by atoms with E-state index in [9.17, 15) is 13.6 Å². The van der Waals surface area contributed by atoms with Crippen molar-refractivity contribution in [3.05, 3.63) is 30.1 Å². The lowest BCUT2D eigenvalue weighted by molar-refractivity contribution is -0.123. The van der Waals surface area contributed by atoms with Gasteiger partial charge in [0.1, 0.15) is 5.82 Å². The van der Waals surface area contributed by atoms with Gasteiger partial charge in [-0.25, -0.2) is 4.98 Å². The summed E-state index contributed by atoms with van der Waals surface area (Å²) in [7, 11) is 0. The molecule has 0 radical (unpaired) electrons. The summed E-state index contributed by atoms with van der Waals surface area (Å²) in [6, 6.07) is 6.96. The van der Waals surface area contributed by atoms with Crippen molar-refractivity contribution in [2.45, 2.75) is 44.8 Å². The molecule has 2 fully saturated rings. The minimum atomic E-state index is -2.61. The van der Waals surface area contributed by atoms with Crippen molar-refractivity contribution in [3.63, 3.8) is 0 Å². The summed E-state index contributed by atoms with van der Waals surface area (Å²) in [6.07, 6.45) is 3.98. The molecular weight excluding hydrogens is 435 g/mol. The highest BCUT2D eigenvalue weighted by atomic mass is 35.5. The highest BCUT2D eigenvalue weighted by Gasteiger charge is 2.26. The van der Waals surface area contributed by atoms with E-state index in [1.54, 1.807) is 18.2 Å². The number of likely N-dealkylation sites (tertiary alicyclic amines) is 1. The van der Waals surface area contributed by atoms with E-state index in [-0.39, 0.29) is 36.8 Å². The summed E-state index contributed by atoms with van der Waals surface area (Å²) in [6.45, 7) is 0.972. The fourth-order valence-corrected chi connectivity index (χ4v) is 4.36. The van der Waals surface area contributed by atoms with Crippen molar-refractivity contribution < 1.29 is 13.6 Å². The standard InChI is InChI=1S/C20H27F2N5O.2ClH/c21-20(22)27-17-8-2-1-6-15(17)25-18(27)13-26-10-4-5-14(12-26)11-24-19(28)16-7-3-9-23-16;;/h1-2,6,8,14,16,20,23H,3-5,7,9-13H2,(H,24,28);2*1H. The number of fused-ring (bicyclic) bond motifs is 1. The zero-order valence-corrected chi connectivity index (χ0v) is 18.4. The van der Waals surface area contributed by atoms with Crippen molar-refractivity contribution >= 4 is 41.8 Å². The summed E-state index contributed by atoms with van der Waals surface area (Å²) in [5.74, 6) is 0.814. The van der Waals surface area contributed by atoms with Gasteiger partial charge in [-0.15, -0.1) is 24.8 Å². The molecule has 2 aliphatic heterocycles. The number of nitrogens with one attached hydrogen (secondary N) is 2. The van der Waals surface area contributed by atoms with E-state index in [0.29, 0.717) is 35.9 Å². The maximum Gasteiger partial charge on any atom is 0.320 e. The Kier molecular flexibility index (Phi) is 9.28. The number of imidazole rings is 1. The highest BCUT2D eigenvalue weighted by Crippen LogP contribution is 2.25. The second-order valence-corrected chi connectivity index (χ2v) is 7.80. The first-order valence-electron chi connectivity index (χ1n) is 10.1. The van der Waals surface area contributed by atoms with Crippen LogP contribution < -0.4 is 10.6 Å². The minimum Gasteiger partial charge on any atom is -0.354 e. The van der Waals surface area contributed by atoms with E-state index in [1.165, 1.54) is 0 Å². The predicted molar refractivity (Wildman–Crippen MR) is 118 cm³/mol. The van der Waals surface area contributed by atoms with Gasteiger partial charge in [0.2, 0.25) is 5.91 Å². The lowest BCUT2D eigenvalue weighted by Gasteiger charge is -2.32. The SMILES string of the molecule is Cl.Cl.O=C(NCC1CCCN(Cc2nc3ccccc3n2C(F)F)C1)C1CCCN1.